The number of hydrazone groups is 1. The molecular weight excluding hydrogens is 224 g/mol. The zero-order chi connectivity index (χ0) is 12.3. The van der Waals surface area contributed by atoms with Gasteiger partial charge in [-0.15, -0.1) is 0 Å². The molecule has 0 amide bonds. The van der Waals surface area contributed by atoms with Gasteiger partial charge in [-0.05, 0) is 0 Å². The van der Waals surface area contributed by atoms with Crippen LogP contribution in [0.4, 0.5) is 0 Å². The fourth-order valence-corrected chi connectivity index (χ4v) is 2.06. The molecule has 0 aromatic rings. The molecule has 2 rings (SSSR count). The monoisotopic (exact) mass is 243 g/mol. The SMILES string of the molecule is COC1=C([N+]2(C)CCOCC2)N(OC)NN=C1. The van der Waals surface area contributed by atoms with Crippen LogP contribution in [0, 0.1) is 0 Å². The molecule has 0 unspecified atom stereocenters. The zero-order valence-electron chi connectivity index (χ0n) is 10.5. The van der Waals surface area contributed by atoms with Crippen molar-refractivity contribution in [2.45, 2.75) is 0 Å². The summed E-state index contributed by atoms with van der Waals surface area (Å²) in [6, 6.07) is 0. The number of ether oxygens (including phenoxy) is 2. The largest absolute Gasteiger partial charge is 0.488 e. The summed E-state index contributed by atoms with van der Waals surface area (Å²) in [5.74, 6) is 1.61. The molecule has 0 bridgehead atoms. The second kappa shape index (κ2) is 4.91. The Morgan fingerprint density at radius 2 is 2.12 bits per heavy atom. The van der Waals surface area contributed by atoms with E-state index in [9.17, 15) is 0 Å². The molecule has 2 aliphatic heterocycles. The van der Waals surface area contributed by atoms with Gasteiger partial charge < -0.3 is 9.47 Å². The van der Waals surface area contributed by atoms with Crippen molar-refractivity contribution in [3.8, 4) is 0 Å². The molecule has 0 spiro atoms. The number of hydrazine groups is 1. The molecule has 0 radical (unpaired) electrons. The quantitative estimate of drug-likeness (QED) is 0.686. The van der Waals surface area contributed by atoms with Crippen molar-refractivity contribution in [2.75, 3.05) is 47.6 Å². The van der Waals surface area contributed by atoms with E-state index in [1.165, 1.54) is 5.17 Å². The lowest BCUT2D eigenvalue weighted by Crippen LogP contribution is -2.58. The Labute approximate surface area is 101 Å². The molecular formula is C10H19N4O3+. The van der Waals surface area contributed by atoms with E-state index < -0.39 is 0 Å². The number of allylic oxidation sites excluding steroid dienone is 1. The molecule has 0 atom stereocenters. The van der Waals surface area contributed by atoms with Crippen LogP contribution < -0.4 is 5.53 Å². The zero-order valence-corrected chi connectivity index (χ0v) is 10.5. The highest BCUT2D eigenvalue weighted by Gasteiger charge is 2.39. The molecule has 96 valence electrons. The third-order valence-corrected chi connectivity index (χ3v) is 3.12. The fourth-order valence-electron chi connectivity index (χ4n) is 2.06. The van der Waals surface area contributed by atoms with Gasteiger partial charge in [-0.1, -0.05) is 5.17 Å². The van der Waals surface area contributed by atoms with E-state index in [-0.39, 0.29) is 0 Å². The van der Waals surface area contributed by atoms with Crippen molar-refractivity contribution >= 4 is 6.21 Å². The summed E-state index contributed by atoms with van der Waals surface area (Å²) in [4.78, 5) is 5.27. The Bertz CT molecular complexity index is 336. The molecule has 0 aromatic heterocycles. The van der Waals surface area contributed by atoms with E-state index in [1.54, 1.807) is 20.4 Å². The lowest BCUT2D eigenvalue weighted by Gasteiger charge is -2.41. The van der Waals surface area contributed by atoms with E-state index in [0.29, 0.717) is 10.2 Å². The summed E-state index contributed by atoms with van der Waals surface area (Å²) in [5.41, 5.74) is 2.79. The van der Waals surface area contributed by atoms with Crippen LogP contribution in [-0.4, -0.2) is 63.4 Å². The van der Waals surface area contributed by atoms with E-state index in [2.05, 4.69) is 17.7 Å². The van der Waals surface area contributed by atoms with E-state index in [1.807, 2.05) is 0 Å². The van der Waals surface area contributed by atoms with Crippen molar-refractivity contribution < 1.29 is 18.8 Å². The smallest absolute Gasteiger partial charge is 0.294 e. The van der Waals surface area contributed by atoms with Crippen LogP contribution in [0.25, 0.3) is 0 Å². The maximum Gasteiger partial charge on any atom is 0.294 e. The molecule has 2 aliphatic rings. The van der Waals surface area contributed by atoms with Crippen molar-refractivity contribution in [1.29, 1.82) is 0 Å². The predicted octanol–water partition coefficient (Wildman–Crippen LogP) is -0.354. The van der Waals surface area contributed by atoms with Gasteiger partial charge in [0, 0.05) is 0 Å². The lowest BCUT2D eigenvalue weighted by molar-refractivity contribution is -0.894. The number of rotatable bonds is 3. The average molecular weight is 243 g/mol. The van der Waals surface area contributed by atoms with Crippen LogP contribution in [0.2, 0.25) is 0 Å². The summed E-state index contributed by atoms with van der Waals surface area (Å²) in [7, 11) is 5.35. The summed E-state index contributed by atoms with van der Waals surface area (Å²) >= 11 is 0. The van der Waals surface area contributed by atoms with Gasteiger partial charge in [0.1, 0.15) is 13.1 Å². The Hall–Kier alpha value is -1.31. The standard InChI is InChI=1S/C10H19N4O3/c1-14(4-6-17-7-5-14)10-9(15-2)8-11-12-13(10)16-3/h8,12H,4-7H2,1-3H3/q+1. The highest BCUT2D eigenvalue weighted by atomic mass is 16.7. The minimum Gasteiger partial charge on any atom is -0.488 e. The van der Waals surface area contributed by atoms with Crippen LogP contribution in [0.3, 0.4) is 0 Å². The number of hydrogen-bond acceptors (Lipinski definition) is 6. The molecule has 17 heavy (non-hydrogen) atoms. The number of morpholine rings is 1. The van der Waals surface area contributed by atoms with Gasteiger partial charge in [-0.3, -0.25) is 9.32 Å². The average Bonchev–Trinajstić information content (AvgIpc) is 2.38. The number of quaternary nitrogens is 1. The predicted molar refractivity (Wildman–Crippen MR) is 61.2 cm³/mol. The van der Waals surface area contributed by atoms with E-state index >= 15 is 0 Å². The Balaban J connectivity index is 2.35. The summed E-state index contributed by atoms with van der Waals surface area (Å²) in [6.07, 6.45) is 1.66. The van der Waals surface area contributed by atoms with Gasteiger partial charge in [0.25, 0.3) is 5.82 Å². The molecule has 0 saturated carbocycles. The number of hydrogen-bond donors (Lipinski definition) is 1. The third-order valence-electron chi connectivity index (χ3n) is 3.12. The molecule has 1 N–H and O–H groups in total. The molecule has 1 saturated heterocycles. The van der Waals surface area contributed by atoms with Gasteiger partial charge >= 0.3 is 0 Å². The van der Waals surface area contributed by atoms with Gasteiger partial charge in [-0.25, -0.2) is 0 Å². The Kier molecular flexibility index (Phi) is 3.51. The normalized spacial score (nSPS) is 23.6. The number of likely N-dealkylation sites (N-methyl/N-ethyl adjacent to an activating group) is 1. The maximum absolute atomic E-state index is 5.40. The van der Waals surface area contributed by atoms with Gasteiger partial charge in [0.05, 0.1) is 40.7 Å². The summed E-state index contributed by atoms with van der Waals surface area (Å²) in [5, 5.41) is 5.49. The first-order chi connectivity index (χ1) is 8.21. The van der Waals surface area contributed by atoms with Crippen molar-refractivity contribution in [1.82, 2.24) is 10.7 Å². The minimum absolute atomic E-state index is 0.691. The minimum atomic E-state index is 0.691. The number of nitrogens with zero attached hydrogens (tertiary/aromatic N) is 3. The molecule has 1 fully saturated rings. The van der Waals surface area contributed by atoms with Gasteiger partial charge in [-0.2, -0.15) is 10.6 Å². The highest BCUT2D eigenvalue weighted by molar-refractivity contribution is 5.76. The summed E-state index contributed by atoms with van der Waals surface area (Å²) < 4.78 is 11.5. The third kappa shape index (κ3) is 2.21. The van der Waals surface area contributed by atoms with Crippen LogP contribution >= 0.6 is 0 Å². The van der Waals surface area contributed by atoms with Crippen LogP contribution in [0.15, 0.2) is 16.7 Å². The number of hydroxylamine groups is 1. The molecule has 0 aliphatic carbocycles. The molecule has 0 aromatic carbocycles. The van der Waals surface area contributed by atoms with Crippen molar-refractivity contribution in [3.05, 3.63) is 11.6 Å². The van der Waals surface area contributed by atoms with Crippen LogP contribution in [0.1, 0.15) is 0 Å². The van der Waals surface area contributed by atoms with E-state index in [4.69, 9.17) is 14.3 Å². The Morgan fingerprint density at radius 1 is 1.41 bits per heavy atom. The van der Waals surface area contributed by atoms with Gasteiger partial charge in [0.15, 0.2) is 0 Å². The van der Waals surface area contributed by atoms with Crippen molar-refractivity contribution in [3.63, 3.8) is 0 Å². The second-order valence-corrected chi connectivity index (χ2v) is 4.18. The molecule has 7 nitrogen and oxygen atoms in total. The Morgan fingerprint density at radius 3 is 2.71 bits per heavy atom. The maximum atomic E-state index is 5.40. The highest BCUT2D eigenvalue weighted by Crippen LogP contribution is 2.24. The number of nitrogens with one attached hydrogen (secondary N) is 1. The second-order valence-electron chi connectivity index (χ2n) is 4.18. The van der Waals surface area contributed by atoms with Crippen LogP contribution in [-0.2, 0) is 14.3 Å². The van der Waals surface area contributed by atoms with E-state index in [0.717, 1.165) is 32.1 Å². The van der Waals surface area contributed by atoms with Crippen LogP contribution in [0.5, 0.6) is 0 Å². The molecule has 2 heterocycles. The molecule has 7 heteroatoms. The summed E-state index contributed by atoms with van der Waals surface area (Å²) in [6.45, 7) is 3.20. The number of methoxy groups -OCH3 is 1. The fraction of sp³-hybridized carbons (Fsp3) is 0.700. The van der Waals surface area contributed by atoms with Gasteiger partial charge in [0.2, 0.25) is 5.76 Å². The lowest BCUT2D eigenvalue weighted by atomic mass is 10.3. The first kappa shape index (κ1) is 12.2. The first-order valence-electron chi connectivity index (χ1n) is 5.55. The first-order valence-corrected chi connectivity index (χ1v) is 5.55. The topological polar surface area (TPSA) is 55.3 Å². The van der Waals surface area contributed by atoms with Crippen molar-refractivity contribution in [2.24, 2.45) is 5.10 Å².